The molecular formula is C17H27N3O4S. The maximum absolute atomic E-state index is 12.1. The first-order valence-corrected chi connectivity index (χ1v) is 10.1. The molecule has 1 unspecified atom stereocenters. The minimum absolute atomic E-state index is 0.0190. The van der Waals surface area contributed by atoms with Gasteiger partial charge in [0.1, 0.15) is 0 Å². The van der Waals surface area contributed by atoms with Crippen molar-refractivity contribution in [2.24, 2.45) is 5.92 Å². The highest BCUT2D eigenvalue weighted by atomic mass is 32.2. The van der Waals surface area contributed by atoms with Gasteiger partial charge >= 0.3 is 11.9 Å². The number of nitrogens with zero attached hydrogens (tertiary/aromatic N) is 3. The Hall–Kier alpha value is -1.57. The Morgan fingerprint density at radius 2 is 2.08 bits per heavy atom. The van der Waals surface area contributed by atoms with Gasteiger partial charge in [0, 0.05) is 19.2 Å². The van der Waals surface area contributed by atoms with Crippen molar-refractivity contribution in [3.05, 3.63) is 11.7 Å². The topological polar surface area (TPSA) is 96.5 Å². The smallest absolute Gasteiger partial charge is 0.304 e. The van der Waals surface area contributed by atoms with Crippen molar-refractivity contribution in [2.45, 2.75) is 63.7 Å². The number of carboxylic acids is 1. The second-order valence-electron chi connectivity index (χ2n) is 6.67. The molecule has 0 spiro atoms. The van der Waals surface area contributed by atoms with Crippen LogP contribution in [0.2, 0.25) is 0 Å². The fourth-order valence-electron chi connectivity index (χ4n) is 3.36. The summed E-state index contributed by atoms with van der Waals surface area (Å²) in [5.41, 5.74) is 0. The molecule has 1 heterocycles. The van der Waals surface area contributed by atoms with E-state index in [1.807, 2.05) is 0 Å². The maximum Gasteiger partial charge on any atom is 0.304 e. The number of rotatable bonds is 9. The standard InChI is InChI=1S/C17H27N3O4S/c1-20(25-2)17(23)15-18-16(24-19-15)13(11-14(21)22)10-6-9-12-7-4-3-5-8-12/h12-13H,3-11H2,1-2H3,(H,21,22). The molecule has 0 aromatic carbocycles. The van der Waals surface area contributed by atoms with Gasteiger partial charge in [0.05, 0.1) is 6.42 Å². The molecule has 7 nitrogen and oxygen atoms in total. The number of hydrogen-bond acceptors (Lipinski definition) is 6. The number of amides is 1. The molecule has 1 amide bonds. The van der Waals surface area contributed by atoms with Crippen LogP contribution in [0.1, 0.15) is 80.2 Å². The molecule has 1 atom stereocenters. The lowest BCUT2D eigenvalue weighted by Gasteiger charge is -2.21. The highest BCUT2D eigenvalue weighted by Gasteiger charge is 2.25. The molecule has 2 rings (SSSR count). The van der Waals surface area contributed by atoms with E-state index in [9.17, 15) is 9.59 Å². The largest absolute Gasteiger partial charge is 0.481 e. The Bertz CT molecular complexity index is 572. The first kappa shape index (κ1) is 19.8. The third-order valence-corrected chi connectivity index (χ3v) is 5.57. The summed E-state index contributed by atoms with van der Waals surface area (Å²) in [5.74, 6) is -0.587. The first-order chi connectivity index (χ1) is 12.0. The SMILES string of the molecule is CSN(C)C(=O)c1noc(C(CCCC2CCCCC2)CC(=O)O)n1. The van der Waals surface area contributed by atoms with E-state index >= 15 is 0 Å². The zero-order chi connectivity index (χ0) is 18.2. The van der Waals surface area contributed by atoms with Gasteiger partial charge in [0.2, 0.25) is 5.89 Å². The van der Waals surface area contributed by atoms with Crippen molar-refractivity contribution in [1.82, 2.24) is 14.4 Å². The van der Waals surface area contributed by atoms with Gasteiger partial charge in [-0.15, -0.1) is 0 Å². The van der Waals surface area contributed by atoms with E-state index in [-0.39, 0.29) is 30.0 Å². The summed E-state index contributed by atoms with van der Waals surface area (Å²) in [4.78, 5) is 27.4. The van der Waals surface area contributed by atoms with Crippen LogP contribution in [0.15, 0.2) is 4.52 Å². The van der Waals surface area contributed by atoms with Gasteiger partial charge in [-0.3, -0.25) is 13.9 Å². The lowest BCUT2D eigenvalue weighted by Crippen LogP contribution is -2.20. The predicted octanol–water partition coefficient (Wildman–Crippen LogP) is 3.73. The van der Waals surface area contributed by atoms with Gasteiger partial charge < -0.3 is 9.63 Å². The van der Waals surface area contributed by atoms with Gasteiger partial charge in [0.25, 0.3) is 5.82 Å². The van der Waals surface area contributed by atoms with Gasteiger partial charge in [0.15, 0.2) is 0 Å². The molecule has 1 aromatic rings. The highest BCUT2D eigenvalue weighted by molar-refractivity contribution is 7.96. The monoisotopic (exact) mass is 369 g/mol. The normalized spacial score (nSPS) is 16.6. The second kappa shape index (κ2) is 9.79. The van der Waals surface area contributed by atoms with E-state index in [4.69, 9.17) is 9.63 Å². The molecular weight excluding hydrogens is 342 g/mol. The van der Waals surface area contributed by atoms with E-state index in [1.165, 1.54) is 48.4 Å². The molecule has 140 valence electrons. The number of carbonyl (C=O) groups is 2. The van der Waals surface area contributed by atoms with Crippen LogP contribution in [0.3, 0.4) is 0 Å². The number of carbonyl (C=O) groups excluding carboxylic acids is 1. The zero-order valence-electron chi connectivity index (χ0n) is 14.9. The van der Waals surface area contributed by atoms with Crippen LogP contribution < -0.4 is 0 Å². The Morgan fingerprint density at radius 3 is 2.72 bits per heavy atom. The predicted molar refractivity (Wildman–Crippen MR) is 95.3 cm³/mol. The van der Waals surface area contributed by atoms with Crippen LogP contribution in [0, 0.1) is 5.92 Å². The molecule has 0 aliphatic heterocycles. The summed E-state index contributed by atoms with van der Waals surface area (Å²) in [7, 11) is 1.63. The molecule has 0 radical (unpaired) electrons. The number of aliphatic carboxylic acids is 1. The van der Waals surface area contributed by atoms with Crippen molar-refractivity contribution < 1.29 is 19.2 Å². The average Bonchev–Trinajstić information content (AvgIpc) is 3.10. The molecule has 1 fully saturated rings. The van der Waals surface area contributed by atoms with Gasteiger partial charge in [-0.25, -0.2) is 0 Å². The number of aromatic nitrogens is 2. The summed E-state index contributed by atoms with van der Waals surface area (Å²) in [6.07, 6.45) is 11.0. The molecule has 1 aliphatic rings. The van der Waals surface area contributed by atoms with Crippen molar-refractivity contribution in [3.8, 4) is 0 Å². The average molecular weight is 369 g/mol. The van der Waals surface area contributed by atoms with E-state index in [0.29, 0.717) is 6.42 Å². The van der Waals surface area contributed by atoms with Crippen molar-refractivity contribution >= 4 is 23.8 Å². The van der Waals surface area contributed by atoms with Gasteiger partial charge in [-0.1, -0.05) is 62.1 Å². The Labute approximate surface area is 152 Å². The summed E-state index contributed by atoms with van der Waals surface area (Å²) in [6.45, 7) is 0. The molecule has 8 heteroatoms. The summed E-state index contributed by atoms with van der Waals surface area (Å²) >= 11 is 1.25. The first-order valence-electron chi connectivity index (χ1n) is 8.88. The minimum atomic E-state index is -0.894. The van der Waals surface area contributed by atoms with Crippen molar-refractivity contribution in [1.29, 1.82) is 0 Å². The maximum atomic E-state index is 12.1. The second-order valence-corrected chi connectivity index (χ2v) is 7.58. The van der Waals surface area contributed by atoms with E-state index in [1.54, 1.807) is 13.3 Å². The lowest BCUT2D eigenvalue weighted by atomic mass is 9.84. The third-order valence-electron chi connectivity index (χ3n) is 4.85. The molecule has 1 N–H and O–H groups in total. The molecule has 0 saturated heterocycles. The lowest BCUT2D eigenvalue weighted by molar-refractivity contribution is -0.137. The molecule has 1 aromatic heterocycles. The van der Waals surface area contributed by atoms with Crippen LogP contribution in [0.25, 0.3) is 0 Å². The quantitative estimate of drug-likeness (QED) is 0.662. The van der Waals surface area contributed by atoms with Crippen molar-refractivity contribution in [2.75, 3.05) is 13.3 Å². The molecule has 25 heavy (non-hydrogen) atoms. The van der Waals surface area contributed by atoms with Crippen LogP contribution in [0.5, 0.6) is 0 Å². The van der Waals surface area contributed by atoms with Crippen LogP contribution >= 0.6 is 11.9 Å². The number of carboxylic acid groups (broad SMARTS) is 1. The Balaban J connectivity index is 1.95. The number of hydrogen-bond donors (Lipinski definition) is 1. The Morgan fingerprint density at radius 1 is 1.36 bits per heavy atom. The fourth-order valence-corrected chi connectivity index (χ4v) is 3.61. The summed E-state index contributed by atoms with van der Waals surface area (Å²) in [6, 6.07) is 0. The fraction of sp³-hybridized carbons (Fsp3) is 0.765. The molecule has 0 bridgehead atoms. The van der Waals surface area contributed by atoms with Gasteiger partial charge in [-0.2, -0.15) is 4.98 Å². The Kier molecular flexibility index (Phi) is 7.74. The third kappa shape index (κ3) is 6.02. The van der Waals surface area contributed by atoms with E-state index < -0.39 is 5.97 Å². The summed E-state index contributed by atoms with van der Waals surface area (Å²) in [5, 5.41) is 12.9. The van der Waals surface area contributed by atoms with Crippen LogP contribution in [-0.4, -0.2) is 44.7 Å². The van der Waals surface area contributed by atoms with E-state index in [2.05, 4.69) is 10.1 Å². The molecule has 1 aliphatic carbocycles. The molecule has 1 saturated carbocycles. The highest BCUT2D eigenvalue weighted by Crippen LogP contribution is 2.31. The van der Waals surface area contributed by atoms with Crippen LogP contribution in [0.4, 0.5) is 0 Å². The van der Waals surface area contributed by atoms with E-state index in [0.717, 1.165) is 18.8 Å². The van der Waals surface area contributed by atoms with Crippen LogP contribution in [-0.2, 0) is 4.79 Å². The zero-order valence-corrected chi connectivity index (χ0v) is 15.8. The summed E-state index contributed by atoms with van der Waals surface area (Å²) < 4.78 is 6.61. The minimum Gasteiger partial charge on any atom is -0.481 e. The van der Waals surface area contributed by atoms with Crippen molar-refractivity contribution in [3.63, 3.8) is 0 Å². The van der Waals surface area contributed by atoms with Gasteiger partial charge in [-0.05, 0) is 12.3 Å².